The third kappa shape index (κ3) is 1.69. The molecule has 0 saturated carbocycles. The second-order valence-corrected chi connectivity index (χ2v) is 4.59. The molecule has 1 aromatic carbocycles. The van der Waals surface area contributed by atoms with Crippen molar-refractivity contribution in [2.75, 3.05) is 6.54 Å². The molecule has 1 heterocycles. The molecule has 14 heavy (non-hydrogen) atoms. The van der Waals surface area contributed by atoms with Crippen molar-refractivity contribution in [3.63, 3.8) is 0 Å². The summed E-state index contributed by atoms with van der Waals surface area (Å²) in [6, 6.07) is 7.21. The highest BCUT2D eigenvalue weighted by atomic mass is 14.9. The standard InChI is InChI=1S/C13H19N/c1-9-7-13(14-8-9)12-6-4-5-10(2)11(12)3/h4-6,9,13-14H,7-8H2,1-3H3/t9-,13+/m1/s1. The van der Waals surface area contributed by atoms with Crippen LogP contribution in [0.3, 0.4) is 0 Å². The normalized spacial score (nSPS) is 26.8. The van der Waals surface area contributed by atoms with Crippen molar-refractivity contribution in [3.05, 3.63) is 34.9 Å². The molecule has 0 amide bonds. The maximum atomic E-state index is 3.59. The zero-order valence-electron chi connectivity index (χ0n) is 9.30. The maximum absolute atomic E-state index is 3.59. The van der Waals surface area contributed by atoms with E-state index >= 15 is 0 Å². The van der Waals surface area contributed by atoms with Crippen molar-refractivity contribution in [1.29, 1.82) is 0 Å². The molecule has 0 bridgehead atoms. The Morgan fingerprint density at radius 2 is 2.07 bits per heavy atom. The van der Waals surface area contributed by atoms with Crippen LogP contribution < -0.4 is 5.32 Å². The van der Waals surface area contributed by atoms with Gasteiger partial charge in [-0.1, -0.05) is 25.1 Å². The second kappa shape index (κ2) is 3.74. The number of hydrogen-bond acceptors (Lipinski definition) is 1. The van der Waals surface area contributed by atoms with Gasteiger partial charge in [-0.15, -0.1) is 0 Å². The monoisotopic (exact) mass is 189 g/mol. The first-order valence-corrected chi connectivity index (χ1v) is 5.48. The molecule has 1 N–H and O–H groups in total. The van der Waals surface area contributed by atoms with Gasteiger partial charge < -0.3 is 5.32 Å². The van der Waals surface area contributed by atoms with Crippen molar-refractivity contribution >= 4 is 0 Å². The molecule has 1 aliphatic heterocycles. The molecular formula is C13H19N. The highest BCUT2D eigenvalue weighted by Crippen LogP contribution is 2.29. The molecule has 1 aromatic rings. The summed E-state index contributed by atoms with van der Waals surface area (Å²) in [5, 5.41) is 3.59. The van der Waals surface area contributed by atoms with Gasteiger partial charge in [-0.25, -0.2) is 0 Å². The Morgan fingerprint density at radius 3 is 2.71 bits per heavy atom. The van der Waals surface area contributed by atoms with Gasteiger partial charge >= 0.3 is 0 Å². The number of nitrogens with one attached hydrogen (secondary N) is 1. The van der Waals surface area contributed by atoms with E-state index in [0.29, 0.717) is 6.04 Å². The lowest BCUT2D eigenvalue weighted by atomic mass is 9.95. The topological polar surface area (TPSA) is 12.0 Å². The second-order valence-electron chi connectivity index (χ2n) is 4.59. The first kappa shape index (κ1) is 9.72. The summed E-state index contributed by atoms with van der Waals surface area (Å²) < 4.78 is 0. The average molecular weight is 189 g/mol. The highest BCUT2D eigenvalue weighted by Gasteiger charge is 2.23. The van der Waals surface area contributed by atoms with Crippen LogP contribution in [0.15, 0.2) is 18.2 Å². The van der Waals surface area contributed by atoms with E-state index in [1.54, 1.807) is 0 Å². The maximum Gasteiger partial charge on any atom is 0.0326 e. The van der Waals surface area contributed by atoms with Crippen molar-refractivity contribution in [3.8, 4) is 0 Å². The van der Waals surface area contributed by atoms with Crippen LogP contribution in [0, 0.1) is 19.8 Å². The third-order valence-corrected chi connectivity index (χ3v) is 3.37. The summed E-state index contributed by atoms with van der Waals surface area (Å²) in [6.07, 6.45) is 1.28. The molecule has 2 atom stereocenters. The molecule has 1 aliphatic rings. The summed E-state index contributed by atoms with van der Waals surface area (Å²) in [5.74, 6) is 0.819. The van der Waals surface area contributed by atoms with Gasteiger partial charge in [0.15, 0.2) is 0 Å². The van der Waals surface area contributed by atoms with Crippen LogP contribution in [-0.4, -0.2) is 6.54 Å². The Labute approximate surface area is 86.5 Å². The molecule has 2 rings (SSSR count). The van der Waals surface area contributed by atoms with Gasteiger partial charge in [0, 0.05) is 6.04 Å². The van der Waals surface area contributed by atoms with Gasteiger partial charge in [-0.05, 0) is 49.4 Å². The fraction of sp³-hybridized carbons (Fsp3) is 0.538. The van der Waals surface area contributed by atoms with Crippen LogP contribution >= 0.6 is 0 Å². The van der Waals surface area contributed by atoms with E-state index in [1.807, 2.05) is 0 Å². The van der Waals surface area contributed by atoms with E-state index in [9.17, 15) is 0 Å². The Balaban J connectivity index is 2.28. The van der Waals surface area contributed by atoms with E-state index in [2.05, 4.69) is 44.3 Å². The van der Waals surface area contributed by atoms with E-state index in [-0.39, 0.29) is 0 Å². The molecule has 0 spiro atoms. The van der Waals surface area contributed by atoms with Gasteiger partial charge in [0.1, 0.15) is 0 Å². The molecule has 0 radical (unpaired) electrons. The summed E-state index contributed by atoms with van der Waals surface area (Å²) in [4.78, 5) is 0. The SMILES string of the molecule is Cc1cccc([C@@H]2C[C@@H](C)CN2)c1C. The lowest BCUT2D eigenvalue weighted by Crippen LogP contribution is -2.14. The predicted molar refractivity (Wildman–Crippen MR) is 60.4 cm³/mol. The van der Waals surface area contributed by atoms with E-state index in [0.717, 1.165) is 12.5 Å². The Kier molecular flexibility index (Phi) is 2.60. The highest BCUT2D eigenvalue weighted by molar-refractivity contribution is 5.35. The Bertz CT molecular complexity index is 330. The molecule has 1 heteroatoms. The fourth-order valence-corrected chi connectivity index (χ4v) is 2.30. The lowest BCUT2D eigenvalue weighted by Gasteiger charge is -2.15. The van der Waals surface area contributed by atoms with Gasteiger partial charge in [-0.3, -0.25) is 0 Å². The van der Waals surface area contributed by atoms with Crippen molar-refractivity contribution in [2.45, 2.75) is 33.2 Å². The third-order valence-electron chi connectivity index (χ3n) is 3.37. The number of benzene rings is 1. The van der Waals surface area contributed by atoms with Crippen molar-refractivity contribution in [2.24, 2.45) is 5.92 Å². The first-order chi connectivity index (χ1) is 6.68. The molecule has 0 unspecified atom stereocenters. The lowest BCUT2D eigenvalue weighted by molar-refractivity contribution is 0.609. The zero-order valence-corrected chi connectivity index (χ0v) is 9.30. The minimum atomic E-state index is 0.588. The van der Waals surface area contributed by atoms with Crippen molar-refractivity contribution in [1.82, 2.24) is 5.32 Å². The van der Waals surface area contributed by atoms with E-state index < -0.39 is 0 Å². The molecular weight excluding hydrogens is 170 g/mol. The zero-order chi connectivity index (χ0) is 10.1. The minimum absolute atomic E-state index is 0.588. The number of aryl methyl sites for hydroxylation is 1. The van der Waals surface area contributed by atoms with Gasteiger partial charge in [-0.2, -0.15) is 0 Å². The first-order valence-electron chi connectivity index (χ1n) is 5.48. The summed E-state index contributed by atoms with van der Waals surface area (Å²) in [7, 11) is 0. The Morgan fingerprint density at radius 1 is 1.29 bits per heavy atom. The average Bonchev–Trinajstić information content (AvgIpc) is 2.57. The van der Waals surface area contributed by atoms with Gasteiger partial charge in [0.25, 0.3) is 0 Å². The molecule has 0 aromatic heterocycles. The Hall–Kier alpha value is -0.820. The van der Waals surface area contributed by atoms with Crippen LogP contribution in [0.5, 0.6) is 0 Å². The quantitative estimate of drug-likeness (QED) is 0.716. The van der Waals surface area contributed by atoms with Crippen molar-refractivity contribution < 1.29 is 0 Å². The van der Waals surface area contributed by atoms with Gasteiger partial charge in [0.2, 0.25) is 0 Å². The van der Waals surface area contributed by atoms with Gasteiger partial charge in [0.05, 0.1) is 0 Å². The summed E-state index contributed by atoms with van der Waals surface area (Å²) in [5.41, 5.74) is 4.36. The largest absolute Gasteiger partial charge is 0.310 e. The molecule has 1 saturated heterocycles. The van der Waals surface area contributed by atoms with Crippen LogP contribution in [0.4, 0.5) is 0 Å². The smallest absolute Gasteiger partial charge is 0.0326 e. The number of rotatable bonds is 1. The fourth-order valence-electron chi connectivity index (χ4n) is 2.30. The van der Waals surface area contributed by atoms with E-state index in [4.69, 9.17) is 0 Å². The molecule has 1 fully saturated rings. The predicted octanol–water partition coefficient (Wildman–Crippen LogP) is 2.97. The molecule has 0 aliphatic carbocycles. The van der Waals surface area contributed by atoms with E-state index in [1.165, 1.54) is 23.1 Å². The molecule has 76 valence electrons. The van der Waals surface area contributed by atoms with Crippen LogP contribution in [0.2, 0.25) is 0 Å². The minimum Gasteiger partial charge on any atom is -0.310 e. The summed E-state index contributed by atoms with van der Waals surface area (Å²) in [6.45, 7) is 7.91. The van der Waals surface area contributed by atoms with Crippen LogP contribution in [0.25, 0.3) is 0 Å². The molecule has 1 nitrogen and oxygen atoms in total. The summed E-state index contributed by atoms with van der Waals surface area (Å²) >= 11 is 0. The van der Waals surface area contributed by atoms with Crippen LogP contribution in [0.1, 0.15) is 36.1 Å². The van der Waals surface area contributed by atoms with Crippen LogP contribution in [-0.2, 0) is 0 Å². The number of hydrogen-bond donors (Lipinski definition) is 1.